The minimum Gasteiger partial charge on any atom is -0.465 e. The summed E-state index contributed by atoms with van der Waals surface area (Å²) in [5.41, 5.74) is 2.38. The summed E-state index contributed by atoms with van der Waals surface area (Å²) in [6.07, 6.45) is 0.967. The highest BCUT2D eigenvalue weighted by Gasteiger charge is 2.09. The molecular formula is C23H23N5O3S. The van der Waals surface area contributed by atoms with E-state index < -0.39 is 0 Å². The largest absolute Gasteiger partial charge is 0.465 e. The van der Waals surface area contributed by atoms with Crippen LogP contribution in [-0.2, 0) is 11.3 Å². The van der Waals surface area contributed by atoms with E-state index in [4.69, 9.17) is 9.15 Å². The highest BCUT2D eigenvalue weighted by molar-refractivity contribution is 7.99. The molecule has 0 saturated heterocycles. The highest BCUT2D eigenvalue weighted by atomic mass is 32.2. The Morgan fingerprint density at radius 1 is 1.09 bits per heavy atom. The maximum Gasteiger partial charge on any atom is 0.337 e. The first-order valence-electron chi connectivity index (χ1n) is 10.2. The van der Waals surface area contributed by atoms with E-state index in [0.29, 0.717) is 12.1 Å². The van der Waals surface area contributed by atoms with E-state index >= 15 is 0 Å². The summed E-state index contributed by atoms with van der Waals surface area (Å²) in [7, 11) is 1.37. The van der Waals surface area contributed by atoms with Crippen molar-refractivity contribution >= 4 is 17.7 Å². The van der Waals surface area contributed by atoms with Crippen molar-refractivity contribution in [1.82, 2.24) is 25.5 Å². The number of carbonyl (C=O) groups is 1. The van der Waals surface area contributed by atoms with Crippen molar-refractivity contribution < 1.29 is 13.9 Å². The fraction of sp³-hybridized carbons (Fsp3) is 0.217. The average molecular weight is 450 g/mol. The van der Waals surface area contributed by atoms with E-state index in [1.54, 1.807) is 28.6 Å². The van der Waals surface area contributed by atoms with Crippen LogP contribution in [0.4, 0.5) is 0 Å². The number of nitrogens with zero attached hydrogens (tertiary/aromatic N) is 4. The van der Waals surface area contributed by atoms with Gasteiger partial charge in [0, 0.05) is 11.3 Å². The van der Waals surface area contributed by atoms with Gasteiger partial charge in [-0.2, -0.15) is 4.68 Å². The number of ether oxygens (including phenoxy) is 1. The van der Waals surface area contributed by atoms with Crippen LogP contribution in [0.3, 0.4) is 0 Å². The Labute approximate surface area is 190 Å². The lowest BCUT2D eigenvalue weighted by Gasteiger charge is -2.05. The fourth-order valence-electron chi connectivity index (χ4n) is 3.09. The minimum absolute atomic E-state index is 0.351. The molecule has 8 nitrogen and oxygen atoms in total. The Balaban J connectivity index is 1.20. The van der Waals surface area contributed by atoms with Gasteiger partial charge in [0.1, 0.15) is 11.5 Å². The zero-order valence-corrected chi connectivity index (χ0v) is 18.4. The first-order valence-corrected chi connectivity index (χ1v) is 11.2. The van der Waals surface area contributed by atoms with Crippen LogP contribution in [0.2, 0.25) is 0 Å². The smallest absolute Gasteiger partial charge is 0.337 e. The molecule has 32 heavy (non-hydrogen) atoms. The number of methoxy groups -OCH3 is 1. The summed E-state index contributed by atoms with van der Waals surface area (Å²) in [6, 6.07) is 20.9. The number of benzene rings is 2. The predicted molar refractivity (Wildman–Crippen MR) is 122 cm³/mol. The van der Waals surface area contributed by atoms with Gasteiger partial charge in [0.05, 0.1) is 24.9 Å². The third-order valence-corrected chi connectivity index (χ3v) is 5.73. The molecule has 0 amide bonds. The van der Waals surface area contributed by atoms with Crippen molar-refractivity contribution in [3.63, 3.8) is 0 Å². The molecule has 0 bridgehead atoms. The van der Waals surface area contributed by atoms with Gasteiger partial charge >= 0.3 is 5.97 Å². The number of thioether (sulfide) groups is 1. The first kappa shape index (κ1) is 21.8. The topological polar surface area (TPSA) is 95.1 Å². The molecule has 2 aromatic heterocycles. The second-order valence-electron chi connectivity index (χ2n) is 6.92. The van der Waals surface area contributed by atoms with Crippen molar-refractivity contribution in [3.05, 3.63) is 78.1 Å². The summed E-state index contributed by atoms with van der Waals surface area (Å²) >= 11 is 1.63. The molecule has 1 N–H and O–H groups in total. The van der Waals surface area contributed by atoms with Crippen LogP contribution in [0.1, 0.15) is 22.5 Å². The number of carbonyl (C=O) groups excluding carboxylic acids is 1. The monoisotopic (exact) mass is 449 g/mol. The number of tetrazole rings is 1. The second kappa shape index (κ2) is 10.7. The molecule has 0 unspecified atom stereocenters. The van der Waals surface area contributed by atoms with Crippen LogP contribution in [0.5, 0.6) is 0 Å². The molecule has 9 heteroatoms. The number of nitrogens with one attached hydrogen (secondary N) is 1. The quantitative estimate of drug-likeness (QED) is 0.221. The molecule has 0 aliphatic carbocycles. The number of rotatable bonds is 10. The standard InChI is InChI=1S/C23H23N5O3S/c1-30-22(29)18-10-8-17(9-11-18)21-13-12-20(31-21)16-24-14-5-15-32-23-25-26-27-28(23)19-6-3-2-4-7-19/h2-4,6-13,24H,5,14-16H2,1H3. The second-order valence-corrected chi connectivity index (χ2v) is 7.98. The van der Waals surface area contributed by atoms with Gasteiger partial charge in [-0.25, -0.2) is 4.79 Å². The van der Waals surface area contributed by atoms with Crippen LogP contribution >= 0.6 is 11.8 Å². The molecule has 2 aromatic carbocycles. The van der Waals surface area contributed by atoms with Crippen molar-refractivity contribution in [1.29, 1.82) is 0 Å². The number of hydrogen-bond acceptors (Lipinski definition) is 8. The van der Waals surface area contributed by atoms with Gasteiger partial charge in [-0.15, -0.1) is 5.10 Å². The molecule has 0 radical (unpaired) electrons. The zero-order chi connectivity index (χ0) is 22.2. The van der Waals surface area contributed by atoms with Crippen molar-refractivity contribution in [2.75, 3.05) is 19.4 Å². The Morgan fingerprint density at radius 2 is 1.91 bits per heavy atom. The molecule has 2 heterocycles. The van der Waals surface area contributed by atoms with Crippen molar-refractivity contribution in [2.45, 2.75) is 18.1 Å². The minimum atomic E-state index is -0.351. The number of para-hydroxylation sites is 1. The molecule has 0 fully saturated rings. The highest BCUT2D eigenvalue weighted by Crippen LogP contribution is 2.23. The van der Waals surface area contributed by atoms with Gasteiger partial charge in [-0.05, 0) is 59.8 Å². The molecular weight excluding hydrogens is 426 g/mol. The van der Waals surface area contributed by atoms with Crippen LogP contribution in [0.25, 0.3) is 17.0 Å². The van der Waals surface area contributed by atoms with Gasteiger partial charge in [0.25, 0.3) is 0 Å². The molecule has 0 atom stereocenters. The predicted octanol–water partition coefficient (Wildman–Crippen LogP) is 3.98. The Bertz CT molecular complexity index is 1140. The average Bonchev–Trinajstić information content (AvgIpc) is 3.51. The van der Waals surface area contributed by atoms with E-state index in [-0.39, 0.29) is 5.97 Å². The summed E-state index contributed by atoms with van der Waals surface area (Å²) in [5.74, 6) is 2.17. The Morgan fingerprint density at radius 3 is 2.69 bits per heavy atom. The lowest BCUT2D eigenvalue weighted by molar-refractivity contribution is 0.0600. The van der Waals surface area contributed by atoms with E-state index in [1.165, 1.54) is 7.11 Å². The lowest BCUT2D eigenvalue weighted by Crippen LogP contribution is -2.14. The SMILES string of the molecule is COC(=O)c1ccc(-c2ccc(CNCCCSc3nnnn3-c3ccccc3)o2)cc1. The molecule has 4 aromatic rings. The van der Waals surface area contributed by atoms with Crippen molar-refractivity contribution in [2.24, 2.45) is 0 Å². The van der Waals surface area contributed by atoms with Gasteiger partial charge in [-0.3, -0.25) is 0 Å². The molecule has 0 aliphatic heterocycles. The summed E-state index contributed by atoms with van der Waals surface area (Å²) in [5, 5.41) is 16.2. The van der Waals surface area contributed by atoms with Gasteiger partial charge < -0.3 is 14.5 Å². The maximum atomic E-state index is 11.5. The molecule has 0 spiro atoms. The third kappa shape index (κ3) is 5.43. The number of hydrogen-bond donors (Lipinski definition) is 1. The fourth-order valence-corrected chi connectivity index (χ4v) is 3.92. The van der Waals surface area contributed by atoms with E-state index in [1.807, 2.05) is 54.6 Å². The van der Waals surface area contributed by atoms with Crippen LogP contribution in [-0.4, -0.2) is 45.6 Å². The van der Waals surface area contributed by atoms with Crippen molar-refractivity contribution in [3.8, 4) is 17.0 Å². The molecule has 0 saturated carbocycles. The summed E-state index contributed by atoms with van der Waals surface area (Å²) in [6.45, 7) is 1.50. The Hall–Kier alpha value is -3.43. The van der Waals surface area contributed by atoms with Crippen LogP contribution in [0, 0.1) is 0 Å². The molecule has 4 rings (SSSR count). The van der Waals surface area contributed by atoms with Gasteiger partial charge in [-0.1, -0.05) is 42.1 Å². The van der Waals surface area contributed by atoms with E-state index in [9.17, 15) is 4.79 Å². The zero-order valence-electron chi connectivity index (χ0n) is 17.6. The Kier molecular flexibility index (Phi) is 7.31. The number of aromatic nitrogens is 4. The third-order valence-electron chi connectivity index (χ3n) is 4.72. The number of furan rings is 1. The van der Waals surface area contributed by atoms with Gasteiger partial charge in [0.15, 0.2) is 0 Å². The number of esters is 1. The normalized spacial score (nSPS) is 10.9. The van der Waals surface area contributed by atoms with E-state index in [0.717, 1.165) is 46.6 Å². The lowest BCUT2D eigenvalue weighted by atomic mass is 10.1. The molecule has 0 aliphatic rings. The first-order chi connectivity index (χ1) is 15.7. The molecule has 164 valence electrons. The summed E-state index contributed by atoms with van der Waals surface area (Å²) in [4.78, 5) is 11.5. The van der Waals surface area contributed by atoms with E-state index in [2.05, 4.69) is 20.8 Å². The van der Waals surface area contributed by atoms with Crippen LogP contribution in [0.15, 0.2) is 76.3 Å². The van der Waals surface area contributed by atoms with Gasteiger partial charge in [0.2, 0.25) is 5.16 Å². The van der Waals surface area contributed by atoms with Crippen LogP contribution < -0.4 is 5.32 Å². The summed E-state index contributed by atoms with van der Waals surface area (Å²) < 4.78 is 12.4. The maximum absolute atomic E-state index is 11.5.